The monoisotopic (exact) mass is 238 g/mol. The van der Waals surface area contributed by atoms with Crippen molar-refractivity contribution in [2.75, 3.05) is 0 Å². The zero-order valence-electron chi connectivity index (χ0n) is 9.50. The second kappa shape index (κ2) is 5.55. The molecule has 0 saturated heterocycles. The van der Waals surface area contributed by atoms with Crippen LogP contribution in [0.5, 0.6) is 0 Å². The van der Waals surface area contributed by atoms with E-state index in [1.807, 2.05) is 6.07 Å². The van der Waals surface area contributed by atoms with Gasteiger partial charge in [0.25, 0.3) is 5.91 Å². The Bertz CT molecular complexity index is 589. The van der Waals surface area contributed by atoms with Crippen molar-refractivity contribution in [1.29, 1.82) is 5.26 Å². The van der Waals surface area contributed by atoms with Crippen molar-refractivity contribution in [3.05, 3.63) is 59.7 Å². The number of nitrogens with zero attached hydrogens (tertiary/aromatic N) is 3. The van der Waals surface area contributed by atoms with Crippen molar-refractivity contribution in [2.45, 2.75) is 6.54 Å². The predicted octanol–water partition coefficient (Wildman–Crippen LogP) is 1.28. The van der Waals surface area contributed by atoms with Gasteiger partial charge in [-0.05, 0) is 29.8 Å². The molecule has 0 aliphatic carbocycles. The van der Waals surface area contributed by atoms with E-state index in [1.54, 1.807) is 42.9 Å². The topological polar surface area (TPSA) is 78.7 Å². The van der Waals surface area contributed by atoms with E-state index in [1.165, 1.54) is 0 Å². The fourth-order valence-corrected chi connectivity index (χ4v) is 1.43. The Balaban J connectivity index is 2.00. The lowest BCUT2D eigenvalue weighted by Crippen LogP contribution is -2.22. The summed E-state index contributed by atoms with van der Waals surface area (Å²) in [6, 6.07) is 8.64. The summed E-state index contributed by atoms with van der Waals surface area (Å²) < 4.78 is 0. The van der Waals surface area contributed by atoms with Gasteiger partial charge >= 0.3 is 0 Å². The second-order valence-corrected chi connectivity index (χ2v) is 3.58. The van der Waals surface area contributed by atoms with Gasteiger partial charge in [0, 0.05) is 30.7 Å². The molecule has 1 amide bonds. The van der Waals surface area contributed by atoms with Crippen LogP contribution in [-0.2, 0) is 6.54 Å². The van der Waals surface area contributed by atoms with Gasteiger partial charge in [0.05, 0.1) is 0 Å². The minimum atomic E-state index is -0.173. The number of nitrogens with one attached hydrogen (secondary N) is 1. The van der Waals surface area contributed by atoms with Crippen molar-refractivity contribution >= 4 is 5.91 Å². The molecule has 0 bridgehead atoms. The lowest BCUT2D eigenvalue weighted by atomic mass is 10.2. The summed E-state index contributed by atoms with van der Waals surface area (Å²) in [5, 5.41) is 11.5. The Morgan fingerprint density at radius 1 is 1.28 bits per heavy atom. The van der Waals surface area contributed by atoms with E-state index >= 15 is 0 Å². The Kier molecular flexibility index (Phi) is 3.62. The van der Waals surface area contributed by atoms with E-state index in [-0.39, 0.29) is 5.91 Å². The van der Waals surface area contributed by atoms with Gasteiger partial charge in [-0.2, -0.15) is 5.26 Å². The van der Waals surface area contributed by atoms with Crippen LogP contribution in [0.15, 0.2) is 42.9 Å². The number of rotatable bonds is 3. The zero-order chi connectivity index (χ0) is 12.8. The molecule has 18 heavy (non-hydrogen) atoms. The highest BCUT2D eigenvalue weighted by Crippen LogP contribution is 2.02. The summed E-state index contributed by atoms with van der Waals surface area (Å²) >= 11 is 0. The Morgan fingerprint density at radius 3 is 2.78 bits per heavy atom. The van der Waals surface area contributed by atoms with E-state index in [0.717, 1.165) is 5.56 Å². The molecule has 0 radical (unpaired) electrons. The Labute approximate surface area is 104 Å². The van der Waals surface area contributed by atoms with Crippen molar-refractivity contribution in [1.82, 2.24) is 15.3 Å². The summed E-state index contributed by atoms with van der Waals surface area (Å²) in [6.07, 6.45) is 4.68. The Morgan fingerprint density at radius 2 is 2.06 bits per heavy atom. The van der Waals surface area contributed by atoms with Gasteiger partial charge in [-0.15, -0.1) is 0 Å². The first kappa shape index (κ1) is 11.7. The van der Waals surface area contributed by atoms with Gasteiger partial charge in [-0.25, -0.2) is 4.98 Å². The van der Waals surface area contributed by atoms with Gasteiger partial charge in [0.15, 0.2) is 0 Å². The zero-order valence-corrected chi connectivity index (χ0v) is 9.50. The SMILES string of the molecule is N#Cc1cc(CNC(=O)c2ccncc2)ccn1. The molecule has 0 aromatic carbocycles. The van der Waals surface area contributed by atoms with E-state index in [9.17, 15) is 4.79 Å². The third-order valence-corrected chi connectivity index (χ3v) is 2.33. The number of hydrogen-bond donors (Lipinski definition) is 1. The fourth-order valence-electron chi connectivity index (χ4n) is 1.43. The smallest absolute Gasteiger partial charge is 0.251 e. The lowest BCUT2D eigenvalue weighted by molar-refractivity contribution is 0.0951. The first-order valence-corrected chi connectivity index (χ1v) is 5.33. The maximum atomic E-state index is 11.8. The summed E-state index contributed by atoms with van der Waals surface area (Å²) in [5.41, 5.74) is 1.73. The van der Waals surface area contributed by atoms with Gasteiger partial charge in [0.2, 0.25) is 0 Å². The van der Waals surface area contributed by atoms with E-state index < -0.39 is 0 Å². The van der Waals surface area contributed by atoms with Gasteiger partial charge in [-0.1, -0.05) is 0 Å². The average Bonchev–Trinajstić information content (AvgIpc) is 2.46. The van der Waals surface area contributed by atoms with Crippen molar-refractivity contribution < 1.29 is 4.79 Å². The molecule has 2 rings (SSSR count). The molecule has 2 aromatic rings. The number of amides is 1. The van der Waals surface area contributed by atoms with Crippen molar-refractivity contribution in [3.63, 3.8) is 0 Å². The van der Waals surface area contributed by atoms with E-state index in [4.69, 9.17) is 5.26 Å². The number of carbonyl (C=O) groups is 1. The first-order valence-electron chi connectivity index (χ1n) is 5.33. The molecule has 0 fully saturated rings. The third-order valence-electron chi connectivity index (χ3n) is 2.33. The summed E-state index contributed by atoms with van der Waals surface area (Å²) in [4.78, 5) is 19.5. The Hall–Kier alpha value is -2.74. The second-order valence-electron chi connectivity index (χ2n) is 3.58. The molecule has 88 valence electrons. The molecule has 0 aliphatic rings. The van der Waals surface area contributed by atoms with Gasteiger partial charge in [0.1, 0.15) is 11.8 Å². The predicted molar refractivity (Wildman–Crippen MR) is 64.4 cm³/mol. The number of pyridine rings is 2. The van der Waals surface area contributed by atoms with Crippen LogP contribution in [0.2, 0.25) is 0 Å². The number of hydrogen-bond acceptors (Lipinski definition) is 4. The lowest BCUT2D eigenvalue weighted by Gasteiger charge is -2.05. The molecule has 0 unspecified atom stereocenters. The standard InChI is InChI=1S/C13H10N4O/c14-8-12-7-10(1-6-16-12)9-17-13(18)11-2-4-15-5-3-11/h1-7H,9H2,(H,17,18). The molecular weight excluding hydrogens is 228 g/mol. The van der Waals surface area contributed by atoms with Gasteiger partial charge in [-0.3, -0.25) is 9.78 Å². The molecule has 0 atom stereocenters. The highest BCUT2D eigenvalue weighted by molar-refractivity contribution is 5.93. The normalized spacial score (nSPS) is 9.50. The summed E-state index contributed by atoms with van der Waals surface area (Å²) in [6.45, 7) is 0.359. The van der Waals surface area contributed by atoms with Crippen LogP contribution >= 0.6 is 0 Å². The van der Waals surface area contributed by atoms with Crippen LogP contribution in [-0.4, -0.2) is 15.9 Å². The minimum absolute atomic E-state index is 0.173. The first-order chi connectivity index (χ1) is 8.79. The average molecular weight is 238 g/mol. The minimum Gasteiger partial charge on any atom is -0.348 e. The van der Waals surface area contributed by atoms with Crippen LogP contribution in [0.3, 0.4) is 0 Å². The quantitative estimate of drug-likeness (QED) is 0.873. The van der Waals surface area contributed by atoms with Crippen LogP contribution in [0, 0.1) is 11.3 Å². The largest absolute Gasteiger partial charge is 0.348 e. The van der Waals surface area contributed by atoms with E-state index in [0.29, 0.717) is 17.8 Å². The molecule has 5 heteroatoms. The highest BCUT2D eigenvalue weighted by Gasteiger charge is 2.04. The van der Waals surface area contributed by atoms with Crippen LogP contribution < -0.4 is 5.32 Å². The molecule has 0 aliphatic heterocycles. The maximum absolute atomic E-state index is 11.8. The van der Waals surface area contributed by atoms with Crippen LogP contribution in [0.1, 0.15) is 21.6 Å². The third kappa shape index (κ3) is 2.89. The molecular formula is C13H10N4O. The molecule has 0 saturated carbocycles. The molecule has 5 nitrogen and oxygen atoms in total. The van der Waals surface area contributed by atoms with Crippen molar-refractivity contribution in [3.8, 4) is 6.07 Å². The number of aromatic nitrogens is 2. The van der Waals surface area contributed by atoms with Gasteiger partial charge < -0.3 is 5.32 Å². The van der Waals surface area contributed by atoms with Crippen LogP contribution in [0.4, 0.5) is 0 Å². The molecule has 2 aromatic heterocycles. The van der Waals surface area contributed by atoms with Crippen LogP contribution in [0.25, 0.3) is 0 Å². The number of carbonyl (C=O) groups excluding carboxylic acids is 1. The molecule has 1 N–H and O–H groups in total. The van der Waals surface area contributed by atoms with Crippen molar-refractivity contribution in [2.24, 2.45) is 0 Å². The van der Waals surface area contributed by atoms with E-state index in [2.05, 4.69) is 15.3 Å². The summed E-state index contributed by atoms with van der Waals surface area (Å²) in [5.74, 6) is -0.173. The highest BCUT2D eigenvalue weighted by atomic mass is 16.1. The number of nitriles is 1. The maximum Gasteiger partial charge on any atom is 0.251 e. The molecule has 2 heterocycles. The fraction of sp³-hybridized carbons (Fsp3) is 0.0769. The molecule has 0 spiro atoms. The summed E-state index contributed by atoms with van der Waals surface area (Å²) in [7, 11) is 0.